The van der Waals surface area contributed by atoms with E-state index in [4.69, 9.17) is 14.2 Å². The Bertz CT molecular complexity index is 1070. The number of benzene rings is 1. The molecule has 1 heterocycles. The molecule has 0 spiro atoms. The number of nitrogens with zero attached hydrogens (tertiary/aromatic N) is 1. The van der Waals surface area contributed by atoms with E-state index in [0.29, 0.717) is 6.29 Å². The number of rotatable bonds is 11. The number of hydrogen-bond donors (Lipinski definition) is 1. The van der Waals surface area contributed by atoms with Crippen LogP contribution in [0.1, 0.15) is 62.2 Å². The molecule has 0 radical (unpaired) electrons. The van der Waals surface area contributed by atoms with Gasteiger partial charge < -0.3 is 24.3 Å². The van der Waals surface area contributed by atoms with Gasteiger partial charge in [-0.15, -0.1) is 0 Å². The highest BCUT2D eigenvalue weighted by atomic mass is 19.1. The molecule has 1 aromatic carbocycles. The molecule has 3 atom stereocenters. The van der Waals surface area contributed by atoms with E-state index in [2.05, 4.69) is 10.3 Å². The van der Waals surface area contributed by atoms with Crippen LogP contribution < -0.4 is 14.8 Å². The van der Waals surface area contributed by atoms with Gasteiger partial charge in [-0.05, 0) is 49.9 Å². The summed E-state index contributed by atoms with van der Waals surface area (Å²) in [5, 5.41) is 2.62. The zero-order valence-corrected chi connectivity index (χ0v) is 21.2. The largest absolute Gasteiger partial charge is 0.493 e. The summed E-state index contributed by atoms with van der Waals surface area (Å²) < 4.78 is 30.0. The Morgan fingerprint density at radius 3 is 2.46 bits per heavy atom. The molecule has 0 aliphatic carbocycles. The van der Waals surface area contributed by atoms with Gasteiger partial charge in [-0.3, -0.25) is 9.59 Å². The molecule has 0 unspecified atom stereocenters. The molecule has 0 fully saturated rings. The van der Waals surface area contributed by atoms with Crippen LogP contribution in [0.3, 0.4) is 0 Å². The quantitative estimate of drug-likeness (QED) is 0.377. The lowest BCUT2D eigenvalue weighted by Crippen LogP contribution is -2.52. The second kappa shape index (κ2) is 11.9. The summed E-state index contributed by atoms with van der Waals surface area (Å²) >= 11 is 0. The Hall–Kier alpha value is -3.33. The van der Waals surface area contributed by atoms with Crippen LogP contribution in [0.25, 0.3) is 0 Å². The Morgan fingerprint density at radius 2 is 1.91 bits per heavy atom. The molecule has 0 saturated heterocycles. The number of ether oxygens (including phenoxy) is 3. The number of aromatic nitrogens is 1. The van der Waals surface area contributed by atoms with Crippen molar-refractivity contribution < 1.29 is 33.0 Å². The summed E-state index contributed by atoms with van der Waals surface area (Å²) in [5.74, 6) is -1.60. The minimum atomic E-state index is -1.40. The van der Waals surface area contributed by atoms with Crippen molar-refractivity contribution in [1.82, 2.24) is 10.3 Å². The average molecular weight is 489 g/mol. The number of halogens is 1. The van der Waals surface area contributed by atoms with Crippen LogP contribution in [0.15, 0.2) is 30.5 Å². The molecular weight excluding hydrogens is 455 g/mol. The number of aldehydes is 1. The van der Waals surface area contributed by atoms with E-state index in [-0.39, 0.29) is 47.6 Å². The van der Waals surface area contributed by atoms with Crippen LogP contribution in [-0.4, -0.2) is 48.5 Å². The number of methoxy groups -OCH3 is 1. The van der Waals surface area contributed by atoms with Gasteiger partial charge >= 0.3 is 5.97 Å². The topological polar surface area (TPSA) is 104 Å². The summed E-state index contributed by atoms with van der Waals surface area (Å²) in [4.78, 5) is 40.5. The molecule has 0 aliphatic heterocycles. The van der Waals surface area contributed by atoms with Crippen LogP contribution in [0.4, 0.5) is 4.39 Å². The van der Waals surface area contributed by atoms with Gasteiger partial charge in [0.15, 0.2) is 11.4 Å². The fourth-order valence-electron chi connectivity index (χ4n) is 3.99. The number of nitrogens with one attached hydrogen (secondary N) is 1. The lowest BCUT2D eigenvalue weighted by Gasteiger charge is -2.32. The van der Waals surface area contributed by atoms with E-state index in [1.54, 1.807) is 6.07 Å². The maximum Gasteiger partial charge on any atom is 0.308 e. The Morgan fingerprint density at radius 1 is 1.23 bits per heavy atom. The maximum atomic E-state index is 13.6. The number of esters is 1. The smallest absolute Gasteiger partial charge is 0.308 e. The number of hydrogen-bond acceptors (Lipinski definition) is 7. The summed E-state index contributed by atoms with van der Waals surface area (Å²) in [6, 6.07) is 6.10. The number of carbonyl (C=O) groups is 3. The molecule has 2 rings (SSSR count). The SMILES string of the molecule is COc1ccnc(C(=O)N[C@](C)(C=O)CO[C@@H](C)[C@H](c2ccc(F)cc2C)C(C)C)c1OC(C)=O. The van der Waals surface area contributed by atoms with Crippen molar-refractivity contribution >= 4 is 18.2 Å². The second-order valence-electron chi connectivity index (χ2n) is 9.06. The molecule has 0 aliphatic rings. The summed E-state index contributed by atoms with van der Waals surface area (Å²) in [5.41, 5.74) is 0.163. The van der Waals surface area contributed by atoms with Gasteiger partial charge in [0.05, 0.1) is 19.8 Å². The zero-order chi connectivity index (χ0) is 26.3. The third kappa shape index (κ3) is 7.08. The molecule has 9 heteroatoms. The van der Waals surface area contributed by atoms with Crippen LogP contribution in [0.2, 0.25) is 0 Å². The summed E-state index contributed by atoms with van der Waals surface area (Å²) in [6.45, 7) is 10.4. The van der Waals surface area contributed by atoms with Gasteiger partial charge in [-0.2, -0.15) is 0 Å². The zero-order valence-electron chi connectivity index (χ0n) is 21.2. The van der Waals surface area contributed by atoms with Crippen molar-refractivity contribution in [3.8, 4) is 11.5 Å². The average Bonchev–Trinajstić information content (AvgIpc) is 2.78. The molecule has 35 heavy (non-hydrogen) atoms. The van der Waals surface area contributed by atoms with E-state index in [0.717, 1.165) is 11.1 Å². The molecule has 1 N–H and O–H groups in total. The molecule has 190 valence electrons. The number of pyridine rings is 1. The van der Waals surface area contributed by atoms with Crippen molar-refractivity contribution in [2.45, 2.75) is 59.1 Å². The maximum absolute atomic E-state index is 13.6. The minimum Gasteiger partial charge on any atom is -0.493 e. The number of amides is 1. The first-order chi connectivity index (χ1) is 16.4. The Labute approximate surface area is 205 Å². The van der Waals surface area contributed by atoms with Crippen molar-refractivity contribution in [3.05, 3.63) is 53.1 Å². The standard InChI is InChI=1S/C26H33FN2O6/c1-15(2)22(20-9-8-19(27)12-16(20)3)17(4)34-14-26(6,13-30)29-25(32)23-24(35-18(5)31)21(33-7)10-11-28-23/h8-13,15,17,22H,14H2,1-7H3,(H,29,32)/t17-,22+,26+/m0/s1. The van der Waals surface area contributed by atoms with Gasteiger partial charge in [-0.25, -0.2) is 9.37 Å². The lowest BCUT2D eigenvalue weighted by molar-refractivity contribution is -0.132. The van der Waals surface area contributed by atoms with E-state index in [1.165, 1.54) is 45.4 Å². The van der Waals surface area contributed by atoms with Crippen molar-refractivity contribution in [1.29, 1.82) is 0 Å². The van der Waals surface area contributed by atoms with Gasteiger partial charge in [-0.1, -0.05) is 19.9 Å². The predicted octanol–water partition coefficient (Wildman–Crippen LogP) is 4.00. The molecule has 2 aromatic rings. The highest BCUT2D eigenvalue weighted by molar-refractivity contribution is 5.98. The lowest BCUT2D eigenvalue weighted by atomic mass is 9.82. The number of aryl methyl sites for hydroxylation is 1. The van der Waals surface area contributed by atoms with Gasteiger partial charge in [0.25, 0.3) is 5.91 Å². The molecule has 1 aromatic heterocycles. The summed E-state index contributed by atoms with van der Waals surface area (Å²) in [7, 11) is 1.36. The second-order valence-corrected chi connectivity index (χ2v) is 9.06. The Kier molecular flexibility index (Phi) is 9.47. The predicted molar refractivity (Wildman–Crippen MR) is 128 cm³/mol. The van der Waals surface area contributed by atoms with E-state index >= 15 is 0 Å². The van der Waals surface area contributed by atoms with Crippen molar-refractivity contribution in [2.24, 2.45) is 5.92 Å². The molecule has 1 amide bonds. The van der Waals surface area contributed by atoms with Crippen molar-refractivity contribution in [3.63, 3.8) is 0 Å². The van der Waals surface area contributed by atoms with Crippen LogP contribution in [0.5, 0.6) is 11.5 Å². The normalized spacial score (nSPS) is 14.5. The van der Waals surface area contributed by atoms with Crippen molar-refractivity contribution in [2.75, 3.05) is 13.7 Å². The fourth-order valence-corrected chi connectivity index (χ4v) is 3.99. The highest BCUT2D eigenvalue weighted by Gasteiger charge is 2.33. The molecular formula is C26H33FN2O6. The minimum absolute atomic E-state index is 0.0715. The monoisotopic (exact) mass is 488 g/mol. The Balaban J connectivity index is 2.22. The van der Waals surface area contributed by atoms with E-state index in [1.807, 2.05) is 27.7 Å². The molecule has 8 nitrogen and oxygen atoms in total. The van der Waals surface area contributed by atoms with Gasteiger partial charge in [0.2, 0.25) is 5.75 Å². The molecule has 0 saturated carbocycles. The third-order valence-corrected chi connectivity index (χ3v) is 5.67. The van der Waals surface area contributed by atoms with Crippen LogP contribution in [-0.2, 0) is 14.3 Å². The van der Waals surface area contributed by atoms with Gasteiger partial charge in [0.1, 0.15) is 17.6 Å². The van der Waals surface area contributed by atoms with Gasteiger partial charge in [0, 0.05) is 25.1 Å². The first kappa shape index (κ1) is 27.9. The van der Waals surface area contributed by atoms with Crippen LogP contribution in [0, 0.1) is 18.7 Å². The third-order valence-electron chi connectivity index (χ3n) is 5.67. The fraction of sp³-hybridized carbons (Fsp3) is 0.462. The van der Waals surface area contributed by atoms with E-state index in [9.17, 15) is 18.8 Å². The first-order valence-corrected chi connectivity index (χ1v) is 11.3. The van der Waals surface area contributed by atoms with E-state index < -0.39 is 17.4 Å². The summed E-state index contributed by atoms with van der Waals surface area (Å²) in [6.07, 6.45) is 1.56. The highest BCUT2D eigenvalue weighted by Crippen LogP contribution is 2.33. The molecule has 0 bridgehead atoms. The number of carbonyl (C=O) groups excluding carboxylic acids is 3. The first-order valence-electron chi connectivity index (χ1n) is 11.3. The van der Waals surface area contributed by atoms with Crippen LogP contribution >= 0.6 is 0 Å².